The van der Waals surface area contributed by atoms with E-state index in [4.69, 9.17) is 0 Å². The summed E-state index contributed by atoms with van der Waals surface area (Å²) in [5.41, 5.74) is 0.119. The standard InChI is InChI=1S/C18H15F3N4OS/c1-11-24-25-16(27-11)10-22-15-8-3-2-7-14(15)17(26)23-13-6-4-5-12(9-13)18(19,20)21/h2-9,22H,10H2,1H3,(H,23,26). The zero-order valence-corrected chi connectivity index (χ0v) is 15.0. The lowest BCUT2D eigenvalue weighted by molar-refractivity contribution is -0.137. The van der Waals surface area contributed by atoms with E-state index in [1.165, 1.54) is 23.5 Å². The molecule has 0 saturated carbocycles. The van der Waals surface area contributed by atoms with E-state index in [0.29, 0.717) is 17.8 Å². The van der Waals surface area contributed by atoms with Crippen molar-refractivity contribution in [2.45, 2.75) is 19.6 Å². The third kappa shape index (κ3) is 4.82. The normalized spacial score (nSPS) is 11.3. The molecule has 27 heavy (non-hydrogen) atoms. The average Bonchev–Trinajstić information content (AvgIpc) is 3.05. The van der Waals surface area contributed by atoms with Gasteiger partial charge in [0.05, 0.1) is 17.7 Å². The number of rotatable bonds is 5. The number of alkyl halides is 3. The van der Waals surface area contributed by atoms with Crippen molar-refractivity contribution in [1.29, 1.82) is 0 Å². The summed E-state index contributed by atoms with van der Waals surface area (Å²) in [7, 11) is 0. The van der Waals surface area contributed by atoms with Crippen LogP contribution in [0.5, 0.6) is 0 Å². The third-order valence-electron chi connectivity index (χ3n) is 3.62. The van der Waals surface area contributed by atoms with Gasteiger partial charge in [-0.25, -0.2) is 0 Å². The first-order valence-corrected chi connectivity index (χ1v) is 8.75. The number of aryl methyl sites for hydroxylation is 1. The molecule has 2 N–H and O–H groups in total. The van der Waals surface area contributed by atoms with Crippen LogP contribution in [0.4, 0.5) is 24.5 Å². The van der Waals surface area contributed by atoms with E-state index in [1.807, 2.05) is 6.92 Å². The number of hydrogen-bond acceptors (Lipinski definition) is 5. The Morgan fingerprint density at radius 3 is 2.59 bits per heavy atom. The van der Waals surface area contributed by atoms with Crippen LogP contribution in [0.2, 0.25) is 0 Å². The van der Waals surface area contributed by atoms with Crippen LogP contribution in [0.15, 0.2) is 48.5 Å². The molecule has 0 aliphatic rings. The number of halogens is 3. The van der Waals surface area contributed by atoms with Gasteiger partial charge in [-0.3, -0.25) is 4.79 Å². The summed E-state index contributed by atoms with van der Waals surface area (Å²) in [4.78, 5) is 12.6. The van der Waals surface area contributed by atoms with Crippen molar-refractivity contribution in [2.24, 2.45) is 0 Å². The summed E-state index contributed by atoms with van der Waals surface area (Å²) < 4.78 is 38.5. The lowest BCUT2D eigenvalue weighted by Gasteiger charge is -2.13. The van der Waals surface area contributed by atoms with Crippen LogP contribution in [0.25, 0.3) is 0 Å². The number of hydrogen-bond donors (Lipinski definition) is 2. The van der Waals surface area contributed by atoms with E-state index in [2.05, 4.69) is 20.8 Å². The van der Waals surface area contributed by atoms with Crippen molar-refractivity contribution in [3.05, 3.63) is 69.7 Å². The van der Waals surface area contributed by atoms with Crippen LogP contribution in [-0.4, -0.2) is 16.1 Å². The maximum absolute atomic E-state index is 12.8. The SMILES string of the molecule is Cc1nnc(CNc2ccccc2C(=O)Nc2cccc(C(F)(F)F)c2)s1. The molecule has 0 atom stereocenters. The Hall–Kier alpha value is -2.94. The van der Waals surface area contributed by atoms with Gasteiger partial charge in [0, 0.05) is 11.4 Å². The van der Waals surface area contributed by atoms with E-state index in [9.17, 15) is 18.0 Å². The number of carbonyl (C=O) groups excluding carboxylic acids is 1. The summed E-state index contributed by atoms with van der Waals surface area (Å²) >= 11 is 1.44. The van der Waals surface area contributed by atoms with Gasteiger partial charge in [-0.05, 0) is 37.3 Å². The molecule has 0 unspecified atom stereocenters. The van der Waals surface area contributed by atoms with E-state index >= 15 is 0 Å². The molecule has 0 aliphatic heterocycles. The highest BCUT2D eigenvalue weighted by molar-refractivity contribution is 7.11. The predicted octanol–water partition coefficient (Wildman–Crippen LogP) is 4.73. The Morgan fingerprint density at radius 2 is 1.89 bits per heavy atom. The predicted molar refractivity (Wildman–Crippen MR) is 97.8 cm³/mol. The Balaban J connectivity index is 1.75. The van der Waals surface area contributed by atoms with Crippen molar-refractivity contribution in [3.63, 3.8) is 0 Å². The molecule has 140 valence electrons. The lowest BCUT2D eigenvalue weighted by atomic mass is 10.1. The van der Waals surface area contributed by atoms with Gasteiger partial charge >= 0.3 is 6.18 Å². The average molecular weight is 392 g/mol. The number of nitrogens with one attached hydrogen (secondary N) is 2. The van der Waals surface area contributed by atoms with Gasteiger partial charge in [0.1, 0.15) is 10.0 Å². The molecule has 2 aromatic carbocycles. The minimum atomic E-state index is -4.47. The summed E-state index contributed by atoms with van der Waals surface area (Å²) in [5.74, 6) is -0.508. The smallest absolute Gasteiger partial charge is 0.378 e. The van der Waals surface area contributed by atoms with Crippen LogP contribution in [0.1, 0.15) is 25.9 Å². The van der Waals surface area contributed by atoms with Gasteiger partial charge < -0.3 is 10.6 Å². The molecular weight excluding hydrogens is 377 g/mol. The molecule has 0 radical (unpaired) electrons. The molecule has 0 fully saturated rings. The molecule has 0 spiro atoms. The summed E-state index contributed by atoms with van der Waals surface area (Å²) in [6.07, 6.45) is -4.47. The van der Waals surface area contributed by atoms with Crippen LogP contribution in [-0.2, 0) is 12.7 Å². The minimum absolute atomic E-state index is 0.0735. The Labute approximate surface area is 157 Å². The Morgan fingerprint density at radius 1 is 1.11 bits per heavy atom. The van der Waals surface area contributed by atoms with E-state index in [0.717, 1.165) is 22.1 Å². The van der Waals surface area contributed by atoms with Gasteiger partial charge in [-0.1, -0.05) is 29.5 Å². The quantitative estimate of drug-likeness (QED) is 0.659. The van der Waals surface area contributed by atoms with Gasteiger partial charge in [-0.2, -0.15) is 13.2 Å². The maximum Gasteiger partial charge on any atom is 0.416 e. The minimum Gasteiger partial charge on any atom is -0.378 e. The van der Waals surface area contributed by atoms with Gasteiger partial charge in [-0.15, -0.1) is 10.2 Å². The van der Waals surface area contributed by atoms with Gasteiger partial charge in [0.15, 0.2) is 0 Å². The summed E-state index contributed by atoms with van der Waals surface area (Å²) in [6, 6.07) is 11.3. The fraction of sp³-hybridized carbons (Fsp3) is 0.167. The number of nitrogens with zero attached hydrogens (tertiary/aromatic N) is 2. The van der Waals surface area contributed by atoms with Crippen LogP contribution in [0.3, 0.4) is 0 Å². The van der Waals surface area contributed by atoms with E-state index < -0.39 is 17.6 Å². The second-order valence-corrected chi connectivity index (χ2v) is 6.91. The highest BCUT2D eigenvalue weighted by Gasteiger charge is 2.30. The number of benzene rings is 2. The molecule has 1 aromatic heterocycles. The number of aromatic nitrogens is 2. The van der Waals surface area contributed by atoms with Gasteiger partial charge in [0.25, 0.3) is 5.91 Å². The zero-order chi connectivity index (χ0) is 19.4. The molecule has 0 saturated heterocycles. The van der Waals surface area contributed by atoms with Crippen molar-refractivity contribution >= 4 is 28.6 Å². The van der Waals surface area contributed by atoms with Crippen molar-refractivity contribution in [3.8, 4) is 0 Å². The number of anilines is 2. The topological polar surface area (TPSA) is 66.9 Å². The molecule has 5 nitrogen and oxygen atoms in total. The molecule has 0 aliphatic carbocycles. The van der Waals surface area contributed by atoms with Crippen molar-refractivity contribution in [1.82, 2.24) is 10.2 Å². The largest absolute Gasteiger partial charge is 0.416 e. The molecular formula is C18H15F3N4OS. The number of para-hydroxylation sites is 1. The lowest BCUT2D eigenvalue weighted by Crippen LogP contribution is -2.15. The van der Waals surface area contributed by atoms with Crippen molar-refractivity contribution < 1.29 is 18.0 Å². The fourth-order valence-electron chi connectivity index (χ4n) is 2.39. The molecule has 0 bridgehead atoms. The Bertz CT molecular complexity index is 956. The second-order valence-electron chi connectivity index (χ2n) is 5.65. The van der Waals surface area contributed by atoms with Crippen molar-refractivity contribution in [2.75, 3.05) is 10.6 Å². The molecule has 3 rings (SSSR count). The molecule has 1 amide bonds. The first kappa shape index (κ1) is 18.8. The first-order chi connectivity index (χ1) is 12.8. The maximum atomic E-state index is 12.8. The third-order valence-corrected chi connectivity index (χ3v) is 4.46. The molecule has 9 heteroatoms. The van der Waals surface area contributed by atoms with E-state index in [-0.39, 0.29) is 5.69 Å². The highest BCUT2D eigenvalue weighted by Crippen LogP contribution is 2.31. The zero-order valence-electron chi connectivity index (χ0n) is 14.2. The van der Waals surface area contributed by atoms with Crippen LogP contribution >= 0.6 is 11.3 Å². The number of carbonyl (C=O) groups is 1. The fourth-order valence-corrected chi connectivity index (χ4v) is 3.04. The monoisotopic (exact) mass is 392 g/mol. The highest BCUT2D eigenvalue weighted by atomic mass is 32.1. The second kappa shape index (κ2) is 7.75. The van der Waals surface area contributed by atoms with Gasteiger partial charge in [0.2, 0.25) is 0 Å². The first-order valence-electron chi connectivity index (χ1n) is 7.93. The van der Waals surface area contributed by atoms with Crippen LogP contribution in [0, 0.1) is 6.92 Å². The molecule has 1 heterocycles. The van der Waals surface area contributed by atoms with E-state index in [1.54, 1.807) is 24.3 Å². The number of amides is 1. The Kier molecular flexibility index (Phi) is 5.41. The molecule has 3 aromatic rings. The summed E-state index contributed by atoms with van der Waals surface area (Å²) in [6.45, 7) is 2.23. The summed E-state index contributed by atoms with van der Waals surface area (Å²) in [5, 5.41) is 15.2. The van der Waals surface area contributed by atoms with Crippen LogP contribution < -0.4 is 10.6 Å².